The molecule has 1 atom stereocenters. The molecule has 1 heteroatoms. The van der Waals surface area contributed by atoms with E-state index in [0.717, 1.165) is 5.92 Å². The lowest BCUT2D eigenvalue weighted by Crippen LogP contribution is -2.10. The number of alkyl halides is 1. The largest absolute Gasteiger partial charge is 0.0887 e. The van der Waals surface area contributed by atoms with Crippen LogP contribution in [0.25, 0.3) is 0 Å². The third kappa shape index (κ3) is 4.76. The van der Waals surface area contributed by atoms with Gasteiger partial charge in [0.2, 0.25) is 0 Å². The Kier molecular flexibility index (Phi) is 5.75. The van der Waals surface area contributed by atoms with Crippen molar-refractivity contribution in [3.8, 4) is 0 Å². The lowest BCUT2D eigenvalue weighted by Gasteiger charge is -2.22. The zero-order valence-electron chi connectivity index (χ0n) is 11.5. The van der Waals surface area contributed by atoms with Crippen LogP contribution in [0.2, 0.25) is 0 Å². The van der Waals surface area contributed by atoms with Gasteiger partial charge >= 0.3 is 0 Å². The molecule has 0 N–H and O–H groups in total. The van der Waals surface area contributed by atoms with Crippen LogP contribution in [0.1, 0.15) is 56.1 Å². The van der Waals surface area contributed by atoms with Gasteiger partial charge in [0.05, 0.1) is 0 Å². The van der Waals surface area contributed by atoms with Crippen molar-refractivity contribution in [2.45, 2.75) is 63.1 Å². The van der Waals surface area contributed by atoms with Crippen molar-refractivity contribution in [3.05, 3.63) is 35.4 Å². The van der Waals surface area contributed by atoms with E-state index >= 15 is 0 Å². The van der Waals surface area contributed by atoms with Crippen LogP contribution in [0.4, 0.5) is 0 Å². The molecule has 2 rings (SSSR count). The van der Waals surface area contributed by atoms with Gasteiger partial charge in [-0.25, -0.2) is 0 Å². The lowest BCUT2D eigenvalue weighted by molar-refractivity contribution is 0.331. The molecule has 0 nitrogen and oxygen atoms in total. The van der Waals surface area contributed by atoms with Gasteiger partial charge in [-0.15, -0.1) is 0 Å². The van der Waals surface area contributed by atoms with Crippen LogP contribution in [0.5, 0.6) is 0 Å². The standard InChI is InChI=1S/C17H25Br/c1-14-7-9-16(10-8-14)13-17(18)12-11-15-5-3-2-4-6-15/h7-10,15,17H,2-6,11-13H2,1H3. The minimum absolute atomic E-state index is 0.655. The average Bonchev–Trinajstić information content (AvgIpc) is 2.40. The molecule has 0 aromatic heterocycles. The smallest absolute Gasteiger partial charge is 0.0186 e. The molecule has 0 aliphatic heterocycles. The Bertz CT molecular complexity index is 335. The number of benzene rings is 1. The van der Waals surface area contributed by atoms with Crippen LogP contribution < -0.4 is 0 Å². The maximum absolute atomic E-state index is 3.86. The Balaban J connectivity index is 1.71. The summed E-state index contributed by atoms with van der Waals surface area (Å²) in [5.74, 6) is 1.01. The first-order chi connectivity index (χ1) is 8.74. The van der Waals surface area contributed by atoms with Gasteiger partial charge in [0.25, 0.3) is 0 Å². The normalized spacial score (nSPS) is 18.8. The second kappa shape index (κ2) is 7.33. The first-order valence-corrected chi connectivity index (χ1v) is 8.35. The van der Waals surface area contributed by atoms with Gasteiger partial charge < -0.3 is 0 Å². The highest BCUT2D eigenvalue weighted by molar-refractivity contribution is 9.09. The molecule has 0 radical (unpaired) electrons. The molecule has 1 saturated carbocycles. The molecule has 100 valence electrons. The van der Waals surface area contributed by atoms with Crippen LogP contribution in [0, 0.1) is 12.8 Å². The van der Waals surface area contributed by atoms with Crippen molar-refractivity contribution in [1.29, 1.82) is 0 Å². The van der Waals surface area contributed by atoms with E-state index in [2.05, 4.69) is 47.1 Å². The van der Waals surface area contributed by atoms with Crippen molar-refractivity contribution in [3.63, 3.8) is 0 Å². The second-order valence-electron chi connectivity index (χ2n) is 5.87. The molecule has 0 saturated heterocycles. The van der Waals surface area contributed by atoms with Gasteiger partial charge in [0, 0.05) is 4.83 Å². The molecule has 1 fully saturated rings. The molecule has 1 aromatic rings. The van der Waals surface area contributed by atoms with Crippen LogP contribution >= 0.6 is 15.9 Å². The monoisotopic (exact) mass is 308 g/mol. The van der Waals surface area contributed by atoms with Crippen LogP contribution in [0.3, 0.4) is 0 Å². The maximum atomic E-state index is 3.86. The highest BCUT2D eigenvalue weighted by Gasteiger charge is 2.15. The summed E-state index contributed by atoms with van der Waals surface area (Å²) in [6, 6.07) is 8.97. The van der Waals surface area contributed by atoms with E-state index < -0.39 is 0 Å². The van der Waals surface area contributed by atoms with Gasteiger partial charge in [-0.3, -0.25) is 0 Å². The minimum Gasteiger partial charge on any atom is -0.0887 e. The van der Waals surface area contributed by atoms with Gasteiger partial charge in [0.1, 0.15) is 0 Å². The Morgan fingerprint density at radius 1 is 1.11 bits per heavy atom. The summed E-state index contributed by atoms with van der Waals surface area (Å²) in [6.07, 6.45) is 11.3. The Morgan fingerprint density at radius 2 is 1.78 bits per heavy atom. The van der Waals surface area contributed by atoms with Crippen LogP contribution in [-0.4, -0.2) is 4.83 Å². The van der Waals surface area contributed by atoms with E-state index in [0.29, 0.717) is 4.83 Å². The number of halogens is 1. The van der Waals surface area contributed by atoms with Gasteiger partial charge in [0.15, 0.2) is 0 Å². The molecule has 18 heavy (non-hydrogen) atoms. The van der Waals surface area contributed by atoms with E-state index in [9.17, 15) is 0 Å². The Morgan fingerprint density at radius 3 is 2.44 bits per heavy atom. The molecule has 1 aliphatic carbocycles. The molecular weight excluding hydrogens is 284 g/mol. The minimum atomic E-state index is 0.655. The fourth-order valence-electron chi connectivity index (χ4n) is 2.97. The van der Waals surface area contributed by atoms with Crippen molar-refractivity contribution >= 4 is 15.9 Å². The van der Waals surface area contributed by atoms with E-state index in [1.54, 1.807) is 0 Å². The van der Waals surface area contributed by atoms with Gasteiger partial charge in [-0.05, 0) is 37.7 Å². The summed E-state index contributed by atoms with van der Waals surface area (Å²) >= 11 is 3.86. The average molecular weight is 309 g/mol. The highest BCUT2D eigenvalue weighted by Crippen LogP contribution is 2.29. The van der Waals surface area contributed by atoms with E-state index in [1.807, 2.05) is 0 Å². The Hall–Kier alpha value is -0.300. The summed E-state index contributed by atoms with van der Waals surface area (Å²) in [5.41, 5.74) is 2.82. The third-order valence-electron chi connectivity index (χ3n) is 4.19. The van der Waals surface area contributed by atoms with Crippen molar-refractivity contribution < 1.29 is 0 Å². The molecular formula is C17H25Br. The molecule has 1 aliphatic rings. The molecule has 1 aromatic carbocycles. The lowest BCUT2D eigenvalue weighted by atomic mass is 9.85. The summed E-state index contributed by atoms with van der Waals surface area (Å²) in [4.78, 5) is 0.655. The summed E-state index contributed by atoms with van der Waals surface area (Å²) in [5, 5.41) is 0. The predicted octanol–water partition coefficient (Wildman–Crippen LogP) is 5.66. The first kappa shape index (κ1) is 14.1. The van der Waals surface area contributed by atoms with E-state index in [1.165, 1.54) is 62.5 Å². The fourth-order valence-corrected chi connectivity index (χ4v) is 3.61. The second-order valence-corrected chi connectivity index (χ2v) is 7.16. The first-order valence-electron chi connectivity index (χ1n) is 7.43. The van der Waals surface area contributed by atoms with E-state index in [4.69, 9.17) is 0 Å². The van der Waals surface area contributed by atoms with Crippen molar-refractivity contribution in [1.82, 2.24) is 0 Å². The fraction of sp³-hybridized carbons (Fsp3) is 0.647. The zero-order chi connectivity index (χ0) is 12.8. The third-order valence-corrected chi connectivity index (χ3v) is 4.97. The number of rotatable bonds is 5. The van der Waals surface area contributed by atoms with Gasteiger partial charge in [-0.1, -0.05) is 77.9 Å². The van der Waals surface area contributed by atoms with E-state index in [-0.39, 0.29) is 0 Å². The number of aryl methyl sites for hydroxylation is 1. The summed E-state index contributed by atoms with van der Waals surface area (Å²) in [6.45, 7) is 2.15. The Labute approximate surface area is 120 Å². The molecule has 0 spiro atoms. The van der Waals surface area contributed by atoms with Crippen molar-refractivity contribution in [2.24, 2.45) is 5.92 Å². The highest BCUT2D eigenvalue weighted by atomic mass is 79.9. The SMILES string of the molecule is Cc1ccc(CC(Br)CCC2CCCCC2)cc1. The summed E-state index contributed by atoms with van der Waals surface area (Å²) in [7, 11) is 0. The topological polar surface area (TPSA) is 0 Å². The predicted molar refractivity (Wildman–Crippen MR) is 83.4 cm³/mol. The van der Waals surface area contributed by atoms with Crippen molar-refractivity contribution in [2.75, 3.05) is 0 Å². The maximum Gasteiger partial charge on any atom is 0.0186 e. The van der Waals surface area contributed by atoms with Gasteiger partial charge in [-0.2, -0.15) is 0 Å². The quantitative estimate of drug-likeness (QED) is 0.615. The zero-order valence-corrected chi connectivity index (χ0v) is 13.1. The van der Waals surface area contributed by atoms with Crippen LogP contribution in [-0.2, 0) is 6.42 Å². The molecule has 1 unspecified atom stereocenters. The van der Waals surface area contributed by atoms with Crippen LogP contribution in [0.15, 0.2) is 24.3 Å². The number of hydrogen-bond donors (Lipinski definition) is 0. The molecule has 0 bridgehead atoms. The molecule has 0 amide bonds. The number of hydrogen-bond acceptors (Lipinski definition) is 0. The summed E-state index contributed by atoms with van der Waals surface area (Å²) < 4.78 is 0. The molecule has 0 heterocycles.